The van der Waals surface area contributed by atoms with Crippen LogP contribution in [-0.4, -0.2) is 28.1 Å². The minimum atomic E-state index is -0.684. The standard InChI is InChI=1S/C22H20Cl2N2O3/c1-13-8-9-14(2)17(10-13)19(27)12-29-22(28)20-15(3)25-26(21(20)24)11-16-6-4-5-7-18(16)23/h4-10H,11-12H2,1-3H3. The maximum atomic E-state index is 12.6. The molecule has 0 aliphatic heterocycles. The van der Waals surface area contributed by atoms with Crippen LogP contribution >= 0.6 is 23.2 Å². The Morgan fingerprint density at radius 2 is 1.79 bits per heavy atom. The summed E-state index contributed by atoms with van der Waals surface area (Å²) in [5.74, 6) is -0.951. The van der Waals surface area contributed by atoms with E-state index in [4.69, 9.17) is 27.9 Å². The Balaban J connectivity index is 1.74. The molecule has 0 aliphatic rings. The number of aromatic nitrogens is 2. The fourth-order valence-corrected chi connectivity index (χ4v) is 3.50. The Labute approximate surface area is 179 Å². The Bertz CT molecular complexity index is 1090. The van der Waals surface area contributed by atoms with Gasteiger partial charge >= 0.3 is 5.97 Å². The highest BCUT2D eigenvalue weighted by atomic mass is 35.5. The molecule has 0 amide bonds. The monoisotopic (exact) mass is 430 g/mol. The van der Waals surface area contributed by atoms with Gasteiger partial charge in [-0.15, -0.1) is 0 Å². The van der Waals surface area contributed by atoms with Gasteiger partial charge < -0.3 is 4.74 Å². The molecule has 1 heterocycles. The first-order chi connectivity index (χ1) is 13.8. The van der Waals surface area contributed by atoms with E-state index in [-0.39, 0.29) is 23.1 Å². The normalized spacial score (nSPS) is 10.8. The van der Waals surface area contributed by atoms with Crippen LogP contribution in [0.15, 0.2) is 42.5 Å². The lowest BCUT2D eigenvalue weighted by atomic mass is 10.0. The summed E-state index contributed by atoms with van der Waals surface area (Å²) < 4.78 is 6.72. The topological polar surface area (TPSA) is 61.2 Å². The van der Waals surface area contributed by atoms with Gasteiger partial charge in [-0.3, -0.25) is 4.79 Å². The van der Waals surface area contributed by atoms with Crippen LogP contribution in [0.3, 0.4) is 0 Å². The molecule has 0 N–H and O–H groups in total. The number of aryl methyl sites for hydroxylation is 3. The lowest BCUT2D eigenvalue weighted by Gasteiger charge is -2.08. The van der Waals surface area contributed by atoms with Gasteiger partial charge in [-0.2, -0.15) is 5.10 Å². The summed E-state index contributed by atoms with van der Waals surface area (Å²) in [5, 5.41) is 5.05. The maximum Gasteiger partial charge on any atom is 0.343 e. The minimum Gasteiger partial charge on any atom is -0.454 e. The molecule has 0 atom stereocenters. The first kappa shape index (κ1) is 21.1. The van der Waals surface area contributed by atoms with E-state index in [9.17, 15) is 9.59 Å². The number of esters is 1. The zero-order valence-corrected chi connectivity index (χ0v) is 17.8. The molecule has 0 unspecified atom stereocenters. The van der Waals surface area contributed by atoms with Gasteiger partial charge in [0, 0.05) is 10.6 Å². The van der Waals surface area contributed by atoms with Gasteiger partial charge in [0.2, 0.25) is 5.78 Å². The number of halogens is 2. The average Bonchev–Trinajstić information content (AvgIpc) is 2.96. The predicted molar refractivity (Wildman–Crippen MR) is 113 cm³/mol. The number of rotatable bonds is 6. The molecule has 0 saturated heterocycles. The number of carbonyl (C=O) groups is 2. The molecule has 3 aromatic rings. The molecule has 0 fully saturated rings. The van der Waals surface area contributed by atoms with Gasteiger partial charge in [0.15, 0.2) is 6.61 Å². The van der Waals surface area contributed by atoms with E-state index in [1.54, 1.807) is 19.1 Å². The van der Waals surface area contributed by atoms with Crippen molar-refractivity contribution in [3.05, 3.63) is 86.2 Å². The van der Waals surface area contributed by atoms with E-state index in [0.29, 0.717) is 22.8 Å². The van der Waals surface area contributed by atoms with Crippen LogP contribution in [0.2, 0.25) is 10.2 Å². The number of ketones is 1. The summed E-state index contributed by atoms with van der Waals surface area (Å²) >= 11 is 12.6. The van der Waals surface area contributed by atoms with Gasteiger partial charge in [0.25, 0.3) is 0 Å². The zero-order chi connectivity index (χ0) is 21.1. The molecule has 2 aromatic carbocycles. The molecule has 0 saturated carbocycles. The third-order valence-electron chi connectivity index (χ3n) is 4.58. The molecule has 150 valence electrons. The molecule has 7 heteroatoms. The van der Waals surface area contributed by atoms with E-state index in [2.05, 4.69) is 5.10 Å². The fraction of sp³-hybridized carbons (Fsp3) is 0.227. The second-order valence-electron chi connectivity index (χ2n) is 6.82. The Morgan fingerprint density at radius 1 is 1.07 bits per heavy atom. The fourth-order valence-electron chi connectivity index (χ4n) is 3.00. The molecule has 0 aliphatic carbocycles. The summed E-state index contributed by atoms with van der Waals surface area (Å²) in [6, 6.07) is 12.9. The highest BCUT2D eigenvalue weighted by Crippen LogP contribution is 2.24. The van der Waals surface area contributed by atoms with Gasteiger partial charge in [0.05, 0.1) is 12.2 Å². The number of Topliss-reactive ketones (excluding diaryl/α,β-unsaturated/α-hetero) is 1. The van der Waals surface area contributed by atoms with Crippen molar-refractivity contribution < 1.29 is 14.3 Å². The van der Waals surface area contributed by atoms with Crippen LogP contribution in [0, 0.1) is 20.8 Å². The Kier molecular flexibility index (Phi) is 6.40. The van der Waals surface area contributed by atoms with Crippen molar-refractivity contribution in [3.8, 4) is 0 Å². The molecular weight excluding hydrogens is 411 g/mol. The number of hydrogen-bond acceptors (Lipinski definition) is 4. The van der Waals surface area contributed by atoms with Gasteiger partial charge in [-0.1, -0.05) is 59.1 Å². The van der Waals surface area contributed by atoms with Gasteiger partial charge in [0.1, 0.15) is 10.7 Å². The van der Waals surface area contributed by atoms with Crippen LogP contribution in [-0.2, 0) is 11.3 Å². The number of nitrogens with zero attached hydrogens (tertiary/aromatic N) is 2. The molecule has 1 aromatic heterocycles. The number of benzene rings is 2. The molecular formula is C22H20Cl2N2O3. The second-order valence-corrected chi connectivity index (χ2v) is 7.58. The van der Waals surface area contributed by atoms with Crippen molar-refractivity contribution in [2.75, 3.05) is 6.61 Å². The highest BCUT2D eigenvalue weighted by Gasteiger charge is 2.23. The molecule has 0 spiro atoms. The first-order valence-corrected chi connectivity index (χ1v) is 9.77. The van der Waals surface area contributed by atoms with Crippen molar-refractivity contribution in [3.63, 3.8) is 0 Å². The Hall–Kier alpha value is -2.63. The average molecular weight is 431 g/mol. The molecule has 29 heavy (non-hydrogen) atoms. The van der Waals surface area contributed by atoms with Crippen molar-refractivity contribution in [1.29, 1.82) is 0 Å². The van der Waals surface area contributed by atoms with Crippen molar-refractivity contribution in [2.45, 2.75) is 27.3 Å². The Morgan fingerprint density at radius 3 is 2.52 bits per heavy atom. The van der Waals surface area contributed by atoms with Crippen LogP contribution < -0.4 is 0 Å². The highest BCUT2D eigenvalue weighted by molar-refractivity contribution is 6.33. The van der Waals surface area contributed by atoms with Gasteiger partial charge in [-0.25, -0.2) is 9.48 Å². The summed E-state index contributed by atoms with van der Waals surface area (Å²) in [7, 11) is 0. The van der Waals surface area contributed by atoms with E-state index >= 15 is 0 Å². The van der Waals surface area contributed by atoms with Crippen LogP contribution in [0.25, 0.3) is 0 Å². The number of hydrogen-bond donors (Lipinski definition) is 0. The summed E-state index contributed by atoms with van der Waals surface area (Å²) in [6.45, 7) is 5.35. The second kappa shape index (κ2) is 8.80. The maximum absolute atomic E-state index is 12.6. The van der Waals surface area contributed by atoms with Crippen LogP contribution in [0.1, 0.15) is 43.1 Å². The van der Waals surface area contributed by atoms with Crippen molar-refractivity contribution >= 4 is 35.0 Å². The van der Waals surface area contributed by atoms with E-state index in [0.717, 1.165) is 16.7 Å². The van der Waals surface area contributed by atoms with Crippen LogP contribution in [0.5, 0.6) is 0 Å². The first-order valence-electron chi connectivity index (χ1n) is 9.01. The van der Waals surface area contributed by atoms with Crippen LogP contribution in [0.4, 0.5) is 0 Å². The molecule has 0 bridgehead atoms. The van der Waals surface area contributed by atoms with Crippen molar-refractivity contribution in [1.82, 2.24) is 9.78 Å². The summed E-state index contributed by atoms with van der Waals surface area (Å²) in [5.41, 5.74) is 3.72. The van der Waals surface area contributed by atoms with Gasteiger partial charge in [-0.05, 0) is 44.0 Å². The quantitative estimate of drug-likeness (QED) is 0.398. The third-order valence-corrected chi connectivity index (χ3v) is 5.33. The zero-order valence-electron chi connectivity index (χ0n) is 16.3. The minimum absolute atomic E-state index is 0.145. The lowest BCUT2D eigenvalue weighted by Crippen LogP contribution is -2.16. The lowest BCUT2D eigenvalue weighted by molar-refractivity contribution is 0.0474. The predicted octanol–water partition coefficient (Wildman–Crippen LogP) is 5.20. The third kappa shape index (κ3) is 4.69. The summed E-state index contributed by atoms with van der Waals surface area (Å²) in [4.78, 5) is 25.0. The van der Waals surface area contributed by atoms with E-state index in [1.165, 1.54) is 4.68 Å². The van der Waals surface area contributed by atoms with Crippen molar-refractivity contribution in [2.24, 2.45) is 0 Å². The SMILES string of the molecule is Cc1ccc(C)c(C(=O)COC(=O)c2c(C)nn(Cc3ccccc3Cl)c2Cl)c1. The molecule has 3 rings (SSSR count). The summed E-state index contributed by atoms with van der Waals surface area (Å²) in [6.07, 6.45) is 0. The number of carbonyl (C=O) groups excluding carboxylic acids is 2. The molecule has 0 radical (unpaired) electrons. The van der Waals surface area contributed by atoms with E-state index < -0.39 is 5.97 Å². The number of ether oxygens (including phenoxy) is 1. The smallest absolute Gasteiger partial charge is 0.343 e. The largest absolute Gasteiger partial charge is 0.454 e. The van der Waals surface area contributed by atoms with E-state index in [1.807, 2.05) is 44.2 Å². The molecule has 5 nitrogen and oxygen atoms in total.